The topological polar surface area (TPSA) is 106 Å². The molecule has 0 radical (unpaired) electrons. The normalized spacial score (nSPS) is 16.4. The minimum Gasteiger partial charge on any atom is -0.453 e. The first-order valence-corrected chi connectivity index (χ1v) is 16.6. The van der Waals surface area contributed by atoms with Crippen LogP contribution in [-0.4, -0.2) is 54.7 Å². The van der Waals surface area contributed by atoms with E-state index in [9.17, 15) is 9.59 Å². The first-order valence-electron chi connectivity index (χ1n) is 15.6. The summed E-state index contributed by atoms with van der Waals surface area (Å²) >= 11 is 19.6. The highest BCUT2D eigenvalue weighted by Crippen LogP contribution is 2.37. The number of aromatic nitrogens is 4. The first kappa shape index (κ1) is 34.8. The number of hydrogen-bond acceptors (Lipinski definition) is 6. The second kappa shape index (κ2) is 14.3. The molecule has 0 aliphatic carbocycles. The van der Waals surface area contributed by atoms with Gasteiger partial charge in [-0.1, -0.05) is 83.1 Å². The Hall–Kier alpha value is -3.57. The van der Waals surface area contributed by atoms with Gasteiger partial charge in [-0.2, -0.15) is 0 Å². The van der Waals surface area contributed by atoms with E-state index in [0.29, 0.717) is 18.2 Å². The van der Waals surface area contributed by atoms with E-state index in [4.69, 9.17) is 40.1 Å². The third kappa shape index (κ3) is 7.16. The highest BCUT2D eigenvalue weighted by molar-refractivity contribution is 6.18. The Labute approximate surface area is 290 Å². The van der Waals surface area contributed by atoms with Crippen LogP contribution in [0.5, 0.6) is 0 Å². The fourth-order valence-corrected chi connectivity index (χ4v) is 6.93. The molecule has 1 saturated heterocycles. The van der Waals surface area contributed by atoms with Crippen LogP contribution in [0.3, 0.4) is 0 Å². The number of hydrogen-bond donors (Lipinski definition) is 2. The molecule has 250 valence electrons. The van der Waals surface area contributed by atoms with Crippen LogP contribution in [0, 0.1) is 11.3 Å². The molecule has 5 rings (SSSR count). The molecular formula is C34H40Cl3N7O3. The van der Waals surface area contributed by atoms with E-state index in [1.807, 2.05) is 62.4 Å². The van der Waals surface area contributed by atoms with E-state index < -0.39 is 12.1 Å². The monoisotopic (exact) mass is 699 g/mol. The molecule has 0 unspecified atom stereocenters. The summed E-state index contributed by atoms with van der Waals surface area (Å²) in [7, 11) is 1.28. The summed E-state index contributed by atoms with van der Waals surface area (Å²) in [6.07, 6.45) is 4.38. The van der Waals surface area contributed by atoms with Crippen molar-refractivity contribution in [2.24, 2.45) is 11.3 Å². The Morgan fingerprint density at radius 3 is 1.94 bits per heavy atom. The zero-order valence-electron chi connectivity index (χ0n) is 27.3. The largest absolute Gasteiger partial charge is 0.453 e. The standard InChI is InChI=1S/C34H40Cl3N7O3/c1-20(2)28(40-33(46)47-6)32(45)42-17-7-8-25(42)30-38-18-26(43(30)36)23-13-9-21(10-14-23)22-11-15-24(16-12-22)27-19-39-31(44(27)37)29(41-35)34(3,4)5/h9-16,18-20,25,28-29,41H,7-8,17H2,1-6H3,(H,40,46)/t25-,28-,29+/m0/s1. The van der Waals surface area contributed by atoms with Crippen LogP contribution in [0.25, 0.3) is 33.6 Å². The van der Waals surface area contributed by atoms with Gasteiger partial charge in [-0.05, 0) is 47.1 Å². The number of nitrogens with one attached hydrogen (secondary N) is 2. The summed E-state index contributed by atoms with van der Waals surface area (Å²) in [6, 6.07) is 14.9. The lowest BCUT2D eigenvalue weighted by atomic mass is 9.87. The van der Waals surface area contributed by atoms with Crippen molar-refractivity contribution in [3.05, 3.63) is 72.6 Å². The molecular weight excluding hydrogens is 661 g/mol. The van der Waals surface area contributed by atoms with Crippen LogP contribution in [0.2, 0.25) is 0 Å². The van der Waals surface area contributed by atoms with Gasteiger partial charge in [0.05, 0.1) is 43.0 Å². The van der Waals surface area contributed by atoms with E-state index in [0.717, 1.165) is 46.5 Å². The summed E-state index contributed by atoms with van der Waals surface area (Å²) in [4.78, 5) is 39.2. The summed E-state index contributed by atoms with van der Waals surface area (Å²) in [6.45, 7) is 10.5. The number of carbonyl (C=O) groups is 2. The lowest BCUT2D eigenvalue weighted by molar-refractivity contribution is -0.135. The van der Waals surface area contributed by atoms with E-state index in [2.05, 4.69) is 40.9 Å². The van der Waals surface area contributed by atoms with Gasteiger partial charge in [-0.15, -0.1) is 0 Å². The third-order valence-electron chi connectivity index (χ3n) is 8.62. The van der Waals surface area contributed by atoms with Gasteiger partial charge in [0.25, 0.3) is 0 Å². The van der Waals surface area contributed by atoms with Crippen LogP contribution in [0.15, 0.2) is 60.9 Å². The van der Waals surface area contributed by atoms with E-state index in [1.54, 1.807) is 21.4 Å². The zero-order valence-corrected chi connectivity index (χ0v) is 29.6. The van der Waals surface area contributed by atoms with Gasteiger partial charge in [-0.3, -0.25) is 4.79 Å². The predicted octanol–water partition coefficient (Wildman–Crippen LogP) is 7.96. The van der Waals surface area contributed by atoms with Crippen LogP contribution in [0.4, 0.5) is 4.79 Å². The van der Waals surface area contributed by atoms with Gasteiger partial charge >= 0.3 is 6.09 Å². The number of halogens is 3. The van der Waals surface area contributed by atoms with Crippen molar-refractivity contribution in [3.63, 3.8) is 0 Å². The molecule has 3 heterocycles. The van der Waals surface area contributed by atoms with Gasteiger partial charge in [-0.25, -0.2) is 27.8 Å². The second-order valence-electron chi connectivity index (χ2n) is 13.2. The molecule has 47 heavy (non-hydrogen) atoms. The van der Waals surface area contributed by atoms with Crippen molar-refractivity contribution in [1.82, 2.24) is 33.2 Å². The van der Waals surface area contributed by atoms with Crippen molar-refractivity contribution in [2.75, 3.05) is 13.7 Å². The molecule has 0 saturated carbocycles. The van der Waals surface area contributed by atoms with E-state index >= 15 is 0 Å². The highest BCUT2D eigenvalue weighted by atomic mass is 35.5. The molecule has 0 spiro atoms. The van der Waals surface area contributed by atoms with Gasteiger partial charge in [0.15, 0.2) is 0 Å². The zero-order chi connectivity index (χ0) is 34.0. The van der Waals surface area contributed by atoms with Crippen LogP contribution >= 0.6 is 35.3 Å². The molecule has 13 heteroatoms. The minimum absolute atomic E-state index is 0.125. The Morgan fingerprint density at radius 2 is 1.43 bits per heavy atom. The van der Waals surface area contributed by atoms with Crippen molar-refractivity contribution in [1.29, 1.82) is 0 Å². The fraction of sp³-hybridized carbons (Fsp3) is 0.412. The average molecular weight is 701 g/mol. The van der Waals surface area contributed by atoms with Gasteiger partial charge in [0.2, 0.25) is 5.91 Å². The lowest BCUT2D eigenvalue weighted by Crippen LogP contribution is -2.51. The third-order valence-corrected chi connectivity index (χ3v) is 9.55. The molecule has 10 nitrogen and oxygen atoms in total. The van der Waals surface area contributed by atoms with Crippen molar-refractivity contribution in [2.45, 2.75) is 65.6 Å². The maximum absolute atomic E-state index is 13.5. The Balaban J connectivity index is 1.32. The van der Waals surface area contributed by atoms with Crippen molar-refractivity contribution in [3.8, 4) is 33.6 Å². The number of imidazole rings is 2. The number of ether oxygens (including phenoxy) is 1. The smallest absolute Gasteiger partial charge is 0.407 e. The fourth-order valence-electron chi connectivity index (χ4n) is 5.93. The molecule has 1 aliphatic heterocycles. The number of rotatable bonds is 9. The number of methoxy groups -OCH3 is 1. The lowest BCUT2D eigenvalue weighted by Gasteiger charge is -2.30. The van der Waals surface area contributed by atoms with Crippen LogP contribution in [-0.2, 0) is 9.53 Å². The quantitative estimate of drug-likeness (QED) is 0.172. The van der Waals surface area contributed by atoms with Gasteiger partial charge in [0.1, 0.15) is 17.7 Å². The number of amides is 2. The number of benzene rings is 2. The molecule has 2 N–H and O–H groups in total. The maximum atomic E-state index is 13.5. The van der Waals surface area contributed by atoms with E-state index in [1.165, 1.54) is 11.2 Å². The summed E-state index contributed by atoms with van der Waals surface area (Å²) in [5.74, 6) is 0.931. The van der Waals surface area contributed by atoms with Crippen LogP contribution < -0.4 is 10.2 Å². The molecule has 0 bridgehead atoms. The number of carbonyl (C=O) groups excluding carboxylic acids is 2. The average Bonchev–Trinajstić information content (AvgIpc) is 3.78. The summed E-state index contributed by atoms with van der Waals surface area (Å²) in [5, 5.41) is 2.68. The van der Waals surface area contributed by atoms with Crippen molar-refractivity contribution < 1.29 is 14.3 Å². The van der Waals surface area contributed by atoms with E-state index in [-0.39, 0.29) is 29.3 Å². The Kier molecular flexibility index (Phi) is 10.6. The molecule has 2 aromatic carbocycles. The molecule has 1 fully saturated rings. The molecule has 3 atom stereocenters. The minimum atomic E-state index is -0.716. The van der Waals surface area contributed by atoms with Gasteiger partial charge in [0, 0.05) is 41.2 Å². The first-order chi connectivity index (χ1) is 22.3. The summed E-state index contributed by atoms with van der Waals surface area (Å²) < 4.78 is 7.83. The number of likely N-dealkylation sites (tertiary alicyclic amines) is 1. The molecule has 2 amide bonds. The summed E-state index contributed by atoms with van der Waals surface area (Å²) in [5.41, 5.74) is 5.21. The highest BCUT2D eigenvalue weighted by Gasteiger charge is 2.38. The SMILES string of the molecule is COC(=O)N[C@H](C(=O)N1CCC[C@H]1c1ncc(-c2ccc(-c3ccc(-c4cnc([C@@H](NCl)C(C)(C)C)n4Cl)cc3)cc2)n1Cl)C(C)C. The predicted molar refractivity (Wildman–Crippen MR) is 186 cm³/mol. The molecule has 2 aromatic heterocycles. The van der Waals surface area contributed by atoms with Crippen molar-refractivity contribution >= 4 is 47.3 Å². The van der Waals surface area contributed by atoms with Crippen LogP contribution in [0.1, 0.15) is 71.2 Å². The molecule has 1 aliphatic rings. The number of alkyl carbamates (subject to hydrolysis) is 1. The second-order valence-corrected chi connectivity index (χ2v) is 14.1. The molecule has 4 aromatic rings. The Morgan fingerprint density at radius 1 is 0.894 bits per heavy atom. The Bertz CT molecular complexity index is 1710. The van der Waals surface area contributed by atoms with Gasteiger partial charge < -0.3 is 15.0 Å². The number of nitrogens with zero attached hydrogens (tertiary/aromatic N) is 5. The maximum Gasteiger partial charge on any atom is 0.407 e.